The van der Waals surface area contributed by atoms with E-state index in [1.807, 2.05) is 18.2 Å². The van der Waals surface area contributed by atoms with Crippen LogP contribution in [-0.2, 0) is 0 Å². The Morgan fingerprint density at radius 3 is 1.80 bits per heavy atom. The van der Waals surface area contributed by atoms with Gasteiger partial charge in [0.2, 0.25) is 0 Å². The second-order valence-corrected chi connectivity index (χ2v) is 1.26. The van der Waals surface area contributed by atoms with E-state index in [0.717, 1.165) is 0 Å². The third-order valence-electron chi connectivity index (χ3n) is 0.566. The van der Waals surface area contributed by atoms with E-state index >= 15 is 0 Å². The van der Waals surface area contributed by atoms with Crippen molar-refractivity contribution in [3.8, 4) is 0 Å². The van der Waals surface area contributed by atoms with E-state index in [0.29, 0.717) is 0 Å². The van der Waals surface area contributed by atoms with Gasteiger partial charge >= 0.3 is 0 Å². The average molecular weight is 142 g/mol. The van der Waals surface area contributed by atoms with E-state index in [1.165, 1.54) is 0 Å². The zero-order chi connectivity index (χ0) is 7.82. The highest BCUT2D eigenvalue weighted by molar-refractivity contribution is 4.88. The lowest BCUT2D eigenvalue weighted by Crippen LogP contribution is -1.81. The minimum absolute atomic E-state index is 1.50. The van der Waals surface area contributed by atoms with Crippen LogP contribution in [0, 0.1) is 10.1 Å². The van der Waals surface area contributed by atoms with Gasteiger partial charge < -0.3 is 5.21 Å². The van der Waals surface area contributed by atoms with Crippen LogP contribution in [0.4, 0.5) is 0 Å². The predicted molar refractivity (Wildman–Crippen MR) is 33.0 cm³/mol. The van der Waals surface area contributed by atoms with Gasteiger partial charge in [-0.3, -0.25) is 4.98 Å². The number of rotatable bonds is 0. The summed E-state index contributed by atoms with van der Waals surface area (Å²) >= 11 is 0. The first-order valence-electron chi connectivity index (χ1n) is 2.41. The zero-order valence-corrected chi connectivity index (χ0v) is 5.04. The quantitative estimate of drug-likeness (QED) is 0.428. The van der Waals surface area contributed by atoms with Gasteiger partial charge in [-0.25, -0.2) is 0 Å². The molecule has 10 heavy (non-hydrogen) atoms. The Labute approximate surface area is 57.1 Å². The summed E-state index contributed by atoms with van der Waals surface area (Å²) in [7, 11) is 0. The van der Waals surface area contributed by atoms with E-state index in [1.54, 1.807) is 12.4 Å². The predicted octanol–water partition coefficient (Wildman–Crippen LogP) is 0.734. The summed E-state index contributed by atoms with van der Waals surface area (Å²) in [4.78, 5) is 12.1. The fourth-order valence-corrected chi connectivity index (χ4v) is 0.313. The lowest BCUT2D eigenvalue weighted by Gasteiger charge is -1.70. The van der Waals surface area contributed by atoms with Crippen LogP contribution >= 0.6 is 0 Å². The van der Waals surface area contributed by atoms with Crippen LogP contribution in [0.3, 0.4) is 0 Å². The van der Waals surface area contributed by atoms with E-state index in [-0.39, 0.29) is 0 Å². The minimum Gasteiger partial charge on any atom is -0.328 e. The molecule has 1 heterocycles. The monoisotopic (exact) mass is 142 g/mol. The molecule has 5 nitrogen and oxygen atoms in total. The van der Waals surface area contributed by atoms with E-state index in [2.05, 4.69) is 4.98 Å². The first-order valence-corrected chi connectivity index (χ1v) is 2.41. The van der Waals surface area contributed by atoms with Crippen molar-refractivity contribution in [2.75, 3.05) is 0 Å². The molecule has 0 aliphatic carbocycles. The van der Waals surface area contributed by atoms with Gasteiger partial charge in [-0.1, -0.05) is 6.07 Å². The van der Waals surface area contributed by atoms with E-state index in [9.17, 15) is 0 Å². The van der Waals surface area contributed by atoms with Crippen LogP contribution in [0.1, 0.15) is 0 Å². The molecule has 0 aromatic carbocycles. The topological polar surface area (TPSA) is 76.3 Å². The number of nitrogens with zero attached hydrogens (tertiary/aromatic N) is 2. The third kappa shape index (κ3) is 9.61. The molecule has 0 unspecified atom stereocenters. The Morgan fingerprint density at radius 1 is 1.30 bits per heavy atom. The molecule has 0 fully saturated rings. The SMILES string of the molecule is O=[N+]([O-])O.c1ccncc1. The first kappa shape index (κ1) is 8.35. The molecule has 0 spiro atoms. The van der Waals surface area contributed by atoms with Gasteiger partial charge in [0.1, 0.15) is 0 Å². The van der Waals surface area contributed by atoms with Crippen molar-refractivity contribution < 1.29 is 10.3 Å². The molecule has 1 aromatic heterocycles. The summed E-state index contributed by atoms with van der Waals surface area (Å²) in [6.07, 6.45) is 3.50. The fraction of sp³-hybridized carbons (Fsp3) is 0. The van der Waals surface area contributed by atoms with Gasteiger partial charge in [0.15, 0.2) is 0 Å². The van der Waals surface area contributed by atoms with E-state index in [4.69, 9.17) is 15.3 Å². The van der Waals surface area contributed by atoms with Crippen molar-refractivity contribution in [3.05, 3.63) is 40.7 Å². The summed E-state index contributed by atoms with van der Waals surface area (Å²) in [6.45, 7) is 0. The van der Waals surface area contributed by atoms with Gasteiger partial charge in [-0.05, 0) is 12.1 Å². The fourth-order valence-electron chi connectivity index (χ4n) is 0.313. The van der Waals surface area contributed by atoms with E-state index < -0.39 is 5.09 Å². The Kier molecular flexibility index (Phi) is 4.58. The van der Waals surface area contributed by atoms with Crippen LogP contribution in [0.25, 0.3) is 0 Å². The maximum absolute atomic E-state index is 8.36. The highest BCUT2D eigenvalue weighted by atomic mass is 16.9. The van der Waals surface area contributed by atoms with Gasteiger partial charge in [-0.15, -0.1) is 10.1 Å². The second kappa shape index (κ2) is 5.49. The van der Waals surface area contributed by atoms with Crippen molar-refractivity contribution in [2.24, 2.45) is 0 Å². The molecule has 0 bridgehead atoms. The van der Waals surface area contributed by atoms with Crippen molar-refractivity contribution >= 4 is 0 Å². The molecule has 5 heteroatoms. The summed E-state index contributed by atoms with van der Waals surface area (Å²) < 4.78 is 0. The number of aromatic nitrogens is 1. The lowest BCUT2D eigenvalue weighted by atomic mass is 10.5. The van der Waals surface area contributed by atoms with Crippen molar-refractivity contribution in [1.82, 2.24) is 4.98 Å². The maximum atomic E-state index is 8.36. The Bertz CT molecular complexity index is 147. The molecule has 0 saturated carbocycles. The summed E-state index contributed by atoms with van der Waals surface area (Å²) in [5.41, 5.74) is 0. The second-order valence-electron chi connectivity index (χ2n) is 1.26. The highest BCUT2D eigenvalue weighted by Crippen LogP contribution is 1.73. The molecule has 0 aliphatic rings. The molecule has 0 atom stereocenters. The van der Waals surface area contributed by atoms with Crippen LogP contribution in [0.5, 0.6) is 0 Å². The lowest BCUT2D eigenvalue weighted by molar-refractivity contribution is -0.742. The van der Waals surface area contributed by atoms with Crippen molar-refractivity contribution in [2.45, 2.75) is 0 Å². The molecule has 0 amide bonds. The molecule has 54 valence electrons. The molecule has 1 rings (SSSR count). The molecular weight excluding hydrogens is 136 g/mol. The summed E-state index contributed by atoms with van der Waals surface area (Å²) in [5.74, 6) is 0. The third-order valence-corrected chi connectivity index (χ3v) is 0.566. The Morgan fingerprint density at radius 2 is 1.70 bits per heavy atom. The zero-order valence-electron chi connectivity index (χ0n) is 5.04. The number of hydrogen-bond acceptors (Lipinski definition) is 3. The van der Waals surface area contributed by atoms with Crippen LogP contribution in [-0.4, -0.2) is 15.3 Å². The average Bonchev–Trinajstić information content (AvgIpc) is 1.90. The molecule has 0 saturated heterocycles. The first-order chi connectivity index (χ1) is 4.73. The van der Waals surface area contributed by atoms with Gasteiger partial charge in [0.05, 0.1) is 0 Å². The van der Waals surface area contributed by atoms with Gasteiger partial charge in [-0.2, -0.15) is 0 Å². The van der Waals surface area contributed by atoms with Gasteiger partial charge in [0, 0.05) is 12.4 Å². The maximum Gasteiger partial charge on any atom is 0.291 e. The minimum atomic E-state index is -1.50. The summed E-state index contributed by atoms with van der Waals surface area (Å²) in [6, 6.07) is 5.72. The van der Waals surface area contributed by atoms with Crippen molar-refractivity contribution in [1.29, 1.82) is 0 Å². The molecule has 0 aliphatic heterocycles. The van der Waals surface area contributed by atoms with Crippen LogP contribution in [0.15, 0.2) is 30.6 Å². The normalized spacial score (nSPS) is 7.20. The Balaban J connectivity index is 0.000000180. The number of hydrogen-bond donors (Lipinski definition) is 1. The number of pyridine rings is 1. The summed E-state index contributed by atoms with van der Waals surface area (Å²) in [5, 5.41) is 13.6. The van der Waals surface area contributed by atoms with Gasteiger partial charge in [0.25, 0.3) is 5.09 Å². The molecular formula is C5H6N2O3. The molecule has 1 N–H and O–H groups in total. The van der Waals surface area contributed by atoms with Crippen LogP contribution < -0.4 is 0 Å². The smallest absolute Gasteiger partial charge is 0.291 e. The van der Waals surface area contributed by atoms with Crippen molar-refractivity contribution in [3.63, 3.8) is 0 Å². The molecule has 1 aromatic rings. The standard InChI is InChI=1S/C5H5N.HNO3/c1-2-4-6-5-3-1;2-1(3)4/h1-5H;(H,2,3,4). The molecule has 0 radical (unpaired) electrons. The largest absolute Gasteiger partial charge is 0.328 e. The van der Waals surface area contributed by atoms with Crippen LogP contribution in [0.2, 0.25) is 0 Å². The highest BCUT2D eigenvalue weighted by Gasteiger charge is 1.65. The Hall–Kier alpha value is -1.65.